The number of ether oxygens (including phenoxy) is 2. The molecule has 8 heteroatoms. The summed E-state index contributed by atoms with van der Waals surface area (Å²) in [5.41, 5.74) is 1.35. The van der Waals surface area contributed by atoms with Crippen molar-refractivity contribution in [2.24, 2.45) is 11.3 Å². The highest BCUT2D eigenvalue weighted by Crippen LogP contribution is 2.42. The van der Waals surface area contributed by atoms with Crippen LogP contribution >= 0.6 is 0 Å². The molecule has 0 radical (unpaired) electrons. The normalized spacial score (nSPS) is 21.9. The van der Waals surface area contributed by atoms with E-state index in [9.17, 15) is 9.90 Å². The number of carboxylic acids is 1. The van der Waals surface area contributed by atoms with E-state index in [1.54, 1.807) is 13.3 Å². The highest BCUT2D eigenvalue weighted by atomic mass is 19.1. The van der Waals surface area contributed by atoms with Gasteiger partial charge in [-0.15, -0.1) is 0 Å². The molecule has 1 aliphatic carbocycles. The minimum Gasteiger partial charge on any atom is -0.497 e. The Balaban J connectivity index is 1.28. The van der Waals surface area contributed by atoms with E-state index in [0.29, 0.717) is 50.3 Å². The first-order chi connectivity index (χ1) is 19.5. The van der Waals surface area contributed by atoms with Gasteiger partial charge >= 0.3 is 5.97 Å². The molecular formula is C32H46FN3O4. The first-order valence-electron chi connectivity index (χ1n) is 15.3. The monoisotopic (exact) mass is 555 g/mol. The fraction of sp³-hybridized carbons (Fsp3) is 0.688. The number of carbonyl (C=O) groups is 1. The van der Waals surface area contributed by atoms with Gasteiger partial charge in [-0.3, -0.25) is 14.7 Å². The molecule has 2 saturated heterocycles. The van der Waals surface area contributed by atoms with Gasteiger partial charge in [-0.1, -0.05) is 32.1 Å². The Hall–Kier alpha value is -2.29. The highest BCUT2D eigenvalue weighted by Gasteiger charge is 2.42. The third-order valence-corrected chi connectivity index (χ3v) is 9.73. The number of methoxy groups -OCH3 is 1. The van der Waals surface area contributed by atoms with Gasteiger partial charge in [0.15, 0.2) is 0 Å². The molecule has 1 aromatic heterocycles. The molecule has 1 aromatic carbocycles. The van der Waals surface area contributed by atoms with Crippen molar-refractivity contribution in [3.63, 3.8) is 0 Å². The molecule has 0 bridgehead atoms. The van der Waals surface area contributed by atoms with Gasteiger partial charge in [0.25, 0.3) is 0 Å². The summed E-state index contributed by atoms with van der Waals surface area (Å²) in [6, 6.07) is 5.57. The molecule has 3 aliphatic rings. The fourth-order valence-corrected chi connectivity index (χ4v) is 7.02. The third-order valence-electron chi connectivity index (χ3n) is 9.73. The molecule has 1 atom stereocenters. The molecular weight excluding hydrogens is 509 g/mol. The van der Waals surface area contributed by atoms with Crippen molar-refractivity contribution in [3.8, 4) is 5.75 Å². The molecule has 3 heterocycles. The van der Waals surface area contributed by atoms with Crippen LogP contribution < -0.4 is 4.74 Å². The highest BCUT2D eigenvalue weighted by molar-refractivity contribution is 5.85. The van der Waals surface area contributed by atoms with Crippen molar-refractivity contribution in [2.75, 3.05) is 53.0 Å². The maximum Gasteiger partial charge on any atom is 0.309 e. The van der Waals surface area contributed by atoms with Gasteiger partial charge in [-0.25, -0.2) is 4.39 Å². The van der Waals surface area contributed by atoms with E-state index in [1.807, 2.05) is 18.2 Å². The zero-order valence-corrected chi connectivity index (χ0v) is 24.1. The Labute approximate surface area is 238 Å². The van der Waals surface area contributed by atoms with Gasteiger partial charge < -0.3 is 19.5 Å². The number of aromatic nitrogens is 1. The number of hydrogen-bond donors (Lipinski definition) is 1. The van der Waals surface area contributed by atoms with Gasteiger partial charge in [0, 0.05) is 36.8 Å². The van der Waals surface area contributed by atoms with Crippen LogP contribution in [0.2, 0.25) is 0 Å². The number of carboxylic acid groups (broad SMARTS) is 1. The van der Waals surface area contributed by atoms with Gasteiger partial charge in [0.1, 0.15) is 11.9 Å². The second kappa shape index (κ2) is 13.6. The second-order valence-corrected chi connectivity index (χ2v) is 12.2. The number of alkyl halides is 1. The lowest BCUT2D eigenvalue weighted by Gasteiger charge is -2.40. The number of piperidine rings is 1. The number of aliphatic carboxylic acids is 1. The van der Waals surface area contributed by atoms with Gasteiger partial charge in [0.2, 0.25) is 0 Å². The molecule has 1 N–H and O–H groups in total. The molecule has 3 fully saturated rings. The molecule has 0 amide bonds. The Morgan fingerprint density at radius 3 is 2.60 bits per heavy atom. The lowest BCUT2D eigenvalue weighted by Crippen LogP contribution is -2.45. The summed E-state index contributed by atoms with van der Waals surface area (Å²) in [7, 11) is 1.61. The summed E-state index contributed by atoms with van der Waals surface area (Å²) in [5, 5.41) is 11.1. The Morgan fingerprint density at radius 1 is 1.15 bits per heavy atom. The number of likely N-dealkylation sites (tertiary alicyclic amines) is 1. The number of halogens is 1. The molecule has 40 heavy (non-hydrogen) atoms. The van der Waals surface area contributed by atoms with Crippen molar-refractivity contribution in [1.29, 1.82) is 0 Å². The summed E-state index contributed by atoms with van der Waals surface area (Å²) in [6.07, 6.45) is 10.2. The third kappa shape index (κ3) is 6.94. The molecule has 2 aliphatic heterocycles. The van der Waals surface area contributed by atoms with Crippen LogP contribution in [0.3, 0.4) is 0 Å². The van der Waals surface area contributed by atoms with Crippen LogP contribution in [0.25, 0.3) is 10.9 Å². The molecule has 0 spiro atoms. The minimum atomic E-state index is -1.28. The average Bonchev–Trinajstić information content (AvgIpc) is 3.00. The van der Waals surface area contributed by atoms with Crippen LogP contribution in [0.15, 0.2) is 24.4 Å². The number of benzene rings is 1. The van der Waals surface area contributed by atoms with E-state index in [0.717, 1.165) is 55.1 Å². The Morgan fingerprint density at radius 2 is 1.90 bits per heavy atom. The van der Waals surface area contributed by atoms with Crippen LogP contribution in [0.4, 0.5) is 4.39 Å². The van der Waals surface area contributed by atoms with Crippen LogP contribution in [-0.4, -0.2) is 78.9 Å². The van der Waals surface area contributed by atoms with Crippen LogP contribution in [0.1, 0.15) is 81.5 Å². The molecule has 1 unspecified atom stereocenters. The Bertz CT molecular complexity index is 1120. The van der Waals surface area contributed by atoms with Crippen molar-refractivity contribution >= 4 is 16.9 Å². The van der Waals surface area contributed by atoms with Gasteiger partial charge in [0.05, 0.1) is 31.3 Å². The SMILES string of the molecule is COc1ccc2ncc(CN3CCOCC3)c(C(F)CCC3(C(=O)O)CCN(CCC4CCCCC4)CC3)c2c1. The summed E-state index contributed by atoms with van der Waals surface area (Å²) in [6.45, 7) is 6.16. The fourth-order valence-electron chi connectivity index (χ4n) is 7.02. The summed E-state index contributed by atoms with van der Waals surface area (Å²) < 4.78 is 27.4. The number of hydrogen-bond acceptors (Lipinski definition) is 6. The molecule has 220 valence electrons. The predicted molar refractivity (Wildman–Crippen MR) is 154 cm³/mol. The van der Waals surface area contributed by atoms with Crippen LogP contribution in [0, 0.1) is 11.3 Å². The Kier molecular flexibility index (Phi) is 9.92. The number of rotatable bonds is 11. The quantitative estimate of drug-likeness (QED) is 0.364. The van der Waals surface area contributed by atoms with Crippen LogP contribution in [-0.2, 0) is 16.1 Å². The van der Waals surface area contributed by atoms with E-state index >= 15 is 4.39 Å². The van der Waals surface area contributed by atoms with Crippen LogP contribution in [0.5, 0.6) is 5.75 Å². The molecule has 5 rings (SSSR count). The average molecular weight is 556 g/mol. The number of pyridine rings is 1. The molecule has 2 aromatic rings. The zero-order valence-electron chi connectivity index (χ0n) is 24.1. The lowest BCUT2D eigenvalue weighted by molar-refractivity contribution is -0.153. The van der Waals surface area contributed by atoms with E-state index in [1.165, 1.54) is 38.5 Å². The largest absolute Gasteiger partial charge is 0.497 e. The lowest BCUT2D eigenvalue weighted by atomic mass is 9.74. The summed E-state index contributed by atoms with van der Waals surface area (Å²) in [5.74, 6) is 0.711. The van der Waals surface area contributed by atoms with Gasteiger partial charge in [-0.05, 0) is 81.4 Å². The van der Waals surface area contributed by atoms with Crippen molar-refractivity contribution in [3.05, 3.63) is 35.5 Å². The predicted octanol–water partition coefficient (Wildman–Crippen LogP) is 6.00. The first-order valence-corrected chi connectivity index (χ1v) is 15.3. The van der Waals surface area contributed by atoms with Crippen molar-refractivity contribution in [1.82, 2.24) is 14.8 Å². The summed E-state index contributed by atoms with van der Waals surface area (Å²) >= 11 is 0. The molecule has 7 nitrogen and oxygen atoms in total. The van der Waals surface area contributed by atoms with Gasteiger partial charge in [-0.2, -0.15) is 0 Å². The van der Waals surface area contributed by atoms with E-state index in [4.69, 9.17) is 9.47 Å². The summed E-state index contributed by atoms with van der Waals surface area (Å²) in [4.78, 5) is 21.9. The maximum atomic E-state index is 16.4. The number of morpholine rings is 1. The smallest absolute Gasteiger partial charge is 0.309 e. The van der Waals surface area contributed by atoms with E-state index in [-0.39, 0.29) is 6.42 Å². The molecule has 1 saturated carbocycles. The topological polar surface area (TPSA) is 75.1 Å². The number of fused-ring (bicyclic) bond motifs is 1. The van der Waals surface area contributed by atoms with E-state index < -0.39 is 17.6 Å². The van der Waals surface area contributed by atoms with Crippen molar-refractivity contribution in [2.45, 2.75) is 76.9 Å². The second-order valence-electron chi connectivity index (χ2n) is 12.2. The number of nitrogens with zero attached hydrogens (tertiary/aromatic N) is 3. The maximum absolute atomic E-state index is 16.4. The van der Waals surface area contributed by atoms with E-state index in [2.05, 4.69) is 14.8 Å². The van der Waals surface area contributed by atoms with Crippen molar-refractivity contribution < 1.29 is 23.8 Å². The zero-order chi connectivity index (χ0) is 28.0. The standard InChI is InChI=1S/C32H46FN3O4/c1-39-26-7-8-29-27(21-26)30(25(22-34-29)23-36-17-19-40-20-18-36)28(33)9-11-32(31(37)38)12-15-35(16-13-32)14-10-24-5-3-2-4-6-24/h7-8,21-22,24,28H,2-6,9-20,23H2,1H3,(H,37,38). The minimum absolute atomic E-state index is 0.181. The first kappa shape index (κ1) is 29.2.